The normalized spacial score (nSPS) is 20.4. The second kappa shape index (κ2) is 10.9. The molecule has 7 heteroatoms. The van der Waals surface area contributed by atoms with Gasteiger partial charge in [-0.2, -0.15) is 5.26 Å². The zero-order chi connectivity index (χ0) is 23.3. The average Bonchev–Trinajstić information content (AvgIpc) is 2.84. The Morgan fingerprint density at radius 2 is 1.73 bits per heavy atom. The summed E-state index contributed by atoms with van der Waals surface area (Å²) in [4.78, 5) is 0. The largest absolute Gasteiger partial charge is 0.369 e. The van der Waals surface area contributed by atoms with Crippen LogP contribution in [-0.2, 0) is 28.3 Å². The first-order valence-electron chi connectivity index (χ1n) is 10.7. The first kappa shape index (κ1) is 24.0. The molecule has 0 radical (unpaired) electrons. The predicted molar refractivity (Wildman–Crippen MR) is 132 cm³/mol. The minimum Gasteiger partial charge on any atom is -0.369 e. The number of piperidine rings is 1. The quantitative estimate of drug-likeness (QED) is 0.401. The lowest BCUT2D eigenvalue weighted by atomic mass is 9.82. The average molecular weight is 502 g/mol. The van der Waals surface area contributed by atoms with Gasteiger partial charge in [0.25, 0.3) is 0 Å². The van der Waals surface area contributed by atoms with Gasteiger partial charge in [0.15, 0.2) is 0 Å². The molecule has 170 valence electrons. The van der Waals surface area contributed by atoms with Gasteiger partial charge in [0.2, 0.25) is 0 Å². The van der Waals surface area contributed by atoms with Crippen molar-refractivity contribution in [2.45, 2.75) is 31.3 Å². The molecule has 33 heavy (non-hydrogen) atoms. The van der Waals surface area contributed by atoms with Crippen molar-refractivity contribution in [2.24, 2.45) is 0 Å². The molecule has 1 saturated heterocycles. The van der Waals surface area contributed by atoms with Crippen LogP contribution in [0.15, 0.2) is 66.7 Å². The van der Waals surface area contributed by atoms with E-state index in [9.17, 15) is 5.26 Å². The fourth-order valence-corrected chi connectivity index (χ4v) is 4.55. The Bertz CT molecular complexity index is 1150. The van der Waals surface area contributed by atoms with Crippen molar-refractivity contribution in [1.29, 1.82) is 5.26 Å². The van der Waals surface area contributed by atoms with Gasteiger partial charge in [-0.15, -0.1) is 0 Å². The molecule has 0 unspecified atom stereocenters. The van der Waals surface area contributed by atoms with Gasteiger partial charge in [-0.1, -0.05) is 65.1 Å². The van der Waals surface area contributed by atoms with Crippen LogP contribution in [0, 0.1) is 11.3 Å². The van der Waals surface area contributed by atoms with E-state index >= 15 is 0 Å². The first-order valence-corrected chi connectivity index (χ1v) is 11.8. The number of ether oxygens (including phenoxy) is 2. The molecule has 0 amide bonds. The van der Waals surface area contributed by atoms with Crippen molar-refractivity contribution in [3.8, 4) is 6.07 Å². The molecule has 0 aromatic heterocycles. The Balaban J connectivity index is 1.62. The maximum absolute atomic E-state index is 9.24. The molecule has 4 rings (SSSR count). The van der Waals surface area contributed by atoms with Crippen LogP contribution in [0.3, 0.4) is 0 Å². The molecule has 0 aliphatic carbocycles. The third kappa shape index (κ3) is 5.70. The van der Waals surface area contributed by atoms with Gasteiger partial charge in [0.1, 0.15) is 11.7 Å². The molecule has 4 nitrogen and oxygen atoms in total. The van der Waals surface area contributed by atoms with Gasteiger partial charge in [0.05, 0.1) is 34.9 Å². The summed E-state index contributed by atoms with van der Waals surface area (Å²) in [6.45, 7) is 2.13. The Hall–Kier alpha value is -2.10. The summed E-state index contributed by atoms with van der Waals surface area (Å²) in [5.41, 5.74) is 2.79. The fraction of sp³-hybridized carbons (Fsp3) is 0.269. The van der Waals surface area contributed by atoms with Gasteiger partial charge in [-0.3, -0.25) is 0 Å². The van der Waals surface area contributed by atoms with E-state index in [0.717, 1.165) is 29.7 Å². The number of nitrogens with one attached hydrogen (secondary N) is 1. The van der Waals surface area contributed by atoms with Crippen molar-refractivity contribution >= 4 is 34.8 Å². The van der Waals surface area contributed by atoms with Crippen LogP contribution >= 0.6 is 34.8 Å². The van der Waals surface area contributed by atoms with E-state index in [0.29, 0.717) is 40.4 Å². The van der Waals surface area contributed by atoms with Gasteiger partial charge >= 0.3 is 0 Å². The first-order chi connectivity index (χ1) is 16.0. The van der Waals surface area contributed by atoms with E-state index in [2.05, 4.69) is 11.4 Å². The summed E-state index contributed by atoms with van der Waals surface area (Å²) >= 11 is 18.4. The SMILES string of the molecule is N#Cc1cccc(CO[C@]2(c3ccc(Cl)cc3)CCNC[C@@H]2OCc2ccc(Cl)c(Cl)c2)c1. The second-order valence-electron chi connectivity index (χ2n) is 8.00. The molecule has 1 N–H and O–H groups in total. The van der Waals surface area contributed by atoms with Crippen LogP contribution in [0.2, 0.25) is 15.1 Å². The van der Waals surface area contributed by atoms with Crippen LogP contribution in [0.1, 0.15) is 28.7 Å². The van der Waals surface area contributed by atoms with Crippen molar-refractivity contribution in [3.63, 3.8) is 0 Å². The summed E-state index contributed by atoms with van der Waals surface area (Å²) in [6, 6.07) is 22.9. The maximum atomic E-state index is 9.24. The number of rotatable bonds is 7. The van der Waals surface area contributed by atoms with Crippen LogP contribution < -0.4 is 5.32 Å². The van der Waals surface area contributed by atoms with Gasteiger partial charge < -0.3 is 14.8 Å². The van der Waals surface area contributed by atoms with Crippen LogP contribution in [0.5, 0.6) is 0 Å². The topological polar surface area (TPSA) is 54.3 Å². The van der Waals surface area contributed by atoms with Crippen LogP contribution in [-0.4, -0.2) is 19.2 Å². The molecule has 0 saturated carbocycles. The van der Waals surface area contributed by atoms with Crippen molar-refractivity contribution in [1.82, 2.24) is 5.32 Å². The monoisotopic (exact) mass is 500 g/mol. The van der Waals surface area contributed by atoms with Gasteiger partial charge in [-0.25, -0.2) is 0 Å². The smallest absolute Gasteiger partial charge is 0.122 e. The Labute approximate surface area is 209 Å². The molecule has 1 fully saturated rings. The Kier molecular flexibility index (Phi) is 7.93. The lowest BCUT2D eigenvalue weighted by Gasteiger charge is -2.44. The number of nitrogens with zero attached hydrogens (tertiary/aromatic N) is 1. The van der Waals surface area contributed by atoms with E-state index < -0.39 is 5.60 Å². The summed E-state index contributed by atoms with van der Waals surface area (Å²) in [6.07, 6.45) is 0.458. The molecule has 3 aromatic rings. The minimum absolute atomic E-state index is 0.263. The van der Waals surface area contributed by atoms with Gasteiger partial charge in [0, 0.05) is 11.6 Å². The lowest BCUT2D eigenvalue weighted by molar-refractivity contribution is -0.176. The van der Waals surface area contributed by atoms with Crippen molar-refractivity contribution < 1.29 is 9.47 Å². The van der Waals surface area contributed by atoms with Crippen LogP contribution in [0.25, 0.3) is 0 Å². The van der Waals surface area contributed by atoms with Crippen LogP contribution in [0.4, 0.5) is 0 Å². The Morgan fingerprint density at radius 1 is 0.939 bits per heavy atom. The third-order valence-corrected chi connectivity index (χ3v) is 6.83. The number of benzene rings is 3. The highest BCUT2D eigenvalue weighted by Gasteiger charge is 2.44. The second-order valence-corrected chi connectivity index (χ2v) is 9.25. The molecular weight excluding hydrogens is 479 g/mol. The van der Waals surface area contributed by atoms with E-state index in [4.69, 9.17) is 44.3 Å². The number of halogens is 3. The van der Waals surface area contributed by atoms with Gasteiger partial charge in [-0.05, 0) is 66.1 Å². The van der Waals surface area contributed by atoms with E-state index in [1.807, 2.05) is 54.6 Å². The molecule has 1 aliphatic rings. The molecule has 0 spiro atoms. The van der Waals surface area contributed by atoms with Crippen molar-refractivity contribution in [3.05, 3.63) is 104 Å². The zero-order valence-electron chi connectivity index (χ0n) is 17.9. The molecule has 2 atom stereocenters. The summed E-state index contributed by atoms with van der Waals surface area (Å²) < 4.78 is 13.1. The number of nitriles is 1. The highest BCUT2D eigenvalue weighted by atomic mass is 35.5. The fourth-order valence-electron chi connectivity index (χ4n) is 4.11. The van der Waals surface area contributed by atoms with E-state index in [-0.39, 0.29) is 6.10 Å². The summed E-state index contributed by atoms with van der Waals surface area (Å²) in [5.74, 6) is 0. The Morgan fingerprint density at radius 3 is 2.48 bits per heavy atom. The molecule has 1 aliphatic heterocycles. The summed E-state index contributed by atoms with van der Waals surface area (Å²) in [7, 11) is 0. The third-order valence-electron chi connectivity index (χ3n) is 5.84. The lowest BCUT2D eigenvalue weighted by Crippen LogP contribution is -2.54. The van der Waals surface area contributed by atoms with E-state index in [1.165, 1.54) is 0 Å². The number of hydrogen-bond donors (Lipinski definition) is 1. The summed E-state index contributed by atoms with van der Waals surface area (Å²) in [5, 5.41) is 14.3. The maximum Gasteiger partial charge on any atom is 0.122 e. The molecule has 1 heterocycles. The van der Waals surface area contributed by atoms with E-state index in [1.54, 1.807) is 12.1 Å². The molecule has 3 aromatic carbocycles. The highest BCUT2D eigenvalue weighted by molar-refractivity contribution is 6.42. The van der Waals surface area contributed by atoms with Crippen molar-refractivity contribution in [2.75, 3.05) is 13.1 Å². The minimum atomic E-state index is -0.686. The molecular formula is C26H23Cl3N2O2. The molecule has 0 bridgehead atoms. The standard InChI is InChI=1S/C26H23Cl3N2O2/c27-22-7-5-21(6-8-22)26(33-17-19-3-1-2-18(12-19)14-30)10-11-31-15-25(26)32-16-20-4-9-23(28)24(29)13-20/h1-9,12-13,25,31H,10-11,15-17H2/t25-,26-/m0/s1. The number of hydrogen-bond acceptors (Lipinski definition) is 4. The highest BCUT2D eigenvalue weighted by Crippen LogP contribution is 2.39. The zero-order valence-corrected chi connectivity index (χ0v) is 20.1. The predicted octanol–water partition coefficient (Wildman–Crippen LogP) is 6.51.